The van der Waals surface area contributed by atoms with Crippen molar-refractivity contribution in [3.05, 3.63) is 64.6 Å². The minimum atomic E-state index is -0.602. The molecule has 0 spiro atoms. The van der Waals surface area contributed by atoms with E-state index in [0.29, 0.717) is 5.82 Å². The van der Waals surface area contributed by atoms with E-state index in [2.05, 4.69) is 36.4 Å². The van der Waals surface area contributed by atoms with E-state index in [1.165, 1.54) is 0 Å². The lowest BCUT2D eigenvalue weighted by atomic mass is 10.2. The molecule has 1 heterocycles. The summed E-state index contributed by atoms with van der Waals surface area (Å²) in [6.45, 7) is 0.191. The van der Waals surface area contributed by atoms with Crippen molar-refractivity contribution in [2.75, 3.05) is 5.32 Å². The number of hydrogen-bond donors (Lipinski definition) is 2. The summed E-state index contributed by atoms with van der Waals surface area (Å²) in [5.41, 5.74) is 1.78. The molecule has 0 saturated heterocycles. The number of carbonyl (C=O) groups excluding carboxylic acids is 1. The van der Waals surface area contributed by atoms with Crippen molar-refractivity contribution in [3.63, 3.8) is 0 Å². The number of hydrogen-bond acceptors (Lipinski definition) is 4. The number of aromatic nitrogens is 3. The Morgan fingerprint density at radius 1 is 1.13 bits per heavy atom. The van der Waals surface area contributed by atoms with Gasteiger partial charge in [-0.3, -0.25) is 10.4 Å². The monoisotopic (exact) mass is 372 g/mol. The van der Waals surface area contributed by atoms with Gasteiger partial charge in [0, 0.05) is 10.0 Å². The van der Waals surface area contributed by atoms with Crippen LogP contribution < -0.4 is 5.32 Å². The summed E-state index contributed by atoms with van der Waals surface area (Å²) in [5, 5.41) is 9.21. The Morgan fingerprint density at radius 3 is 2.61 bits per heavy atom. The van der Waals surface area contributed by atoms with Gasteiger partial charge in [0.05, 0.1) is 0 Å². The van der Waals surface area contributed by atoms with Crippen molar-refractivity contribution in [1.29, 1.82) is 0 Å². The van der Waals surface area contributed by atoms with Crippen LogP contribution in [0.3, 0.4) is 0 Å². The highest BCUT2D eigenvalue weighted by molar-refractivity contribution is 9.10. The molecule has 6 nitrogen and oxygen atoms in total. The minimum absolute atomic E-state index is 0.168. The highest BCUT2D eigenvalue weighted by Crippen LogP contribution is 2.19. The molecule has 0 radical (unpaired) electrons. The molecule has 0 bridgehead atoms. The number of anilines is 1. The summed E-state index contributed by atoms with van der Waals surface area (Å²) >= 11 is 3.37. The second kappa shape index (κ2) is 7.06. The molecule has 7 heteroatoms. The highest BCUT2D eigenvalue weighted by Gasteiger charge is 2.10. The Hall–Kier alpha value is -2.67. The summed E-state index contributed by atoms with van der Waals surface area (Å²) in [7, 11) is 0. The number of halogens is 1. The van der Waals surface area contributed by atoms with Crippen LogP contribution in [0, 0.1) is 0 Å². The second-order valence-electron chi connectivity index (χ2n) is 4.70. The molecular weight excluding hydrogens is 360 g/mol. The van der Waals surface area contributed by atoms with Crippen molar-refractivity contribution in [1.82, 2.24) is 15.2 Å². The van der Waals surface area contributed by atoms with Gasteiger partial charge in [-0.2, -0.15) is 4.98 Å². The quantitative estimate of drug-likeness (QED) is 0.725. The van der Waals surface area contributed by atoms with Crippen LogP contribution in [-0.2, 0) is 11.3 Å². The van der Waals surface area contributed by atoms with E-state index in [9.17, 15) is 4.79 Å². The third-order valence-electron chi connectivity index (χ3n) is 3.03. The van der Waals surface area contributed by atoms with Gasteiger partial charge in [-0.1, -0.05) is 58.4 Å². The minimum Gasteiger partial charge on any atom is -0.444 e. The standard InChI is InChI=1S/C16H13BrN4O2/c17-13-8-6-12(7-9-13)14-18-15(21-20-14)19-16(22)23-10-11-4-2-1-3-5-11/h1-9H,10H2,(H2,18,19,20,21,22). The van der Waals surface area contributed by atoms with E-state index in [-0.39, 0.29) is 12.6 Å². The fourth-order valence-electron chi connectivity index (χ4n) is 1.91. The van der Waals surface area contributed by atoms with Crippen molar-refractivity contribution in [3.8, 4) is 11.4 Å². The number of aromatic amines is 1. The Morgan fingerprint density at radius 2 is 1.87 bits per heavy atom. The zero-order valence-electron chi connectivity index (χ0n) is 12.0. The second-order valence-corrected chi connectivity index (χ2v) is 5.62. The Balaban J connectivity index is 1.58. The maximum atomic E-state index is 11.7. The lowest BCUT2D eigenvalue weighted by Crippen LogP contribution is -2.14. The Bertz CT molecular complexity index is 787. The van der Waals surface area contributed by atoms with Gasteiger partial charge in [0.1, 0.15) is 6.61 Å². The number of ether oxygens (including phenoxy) is 1. The molecule has 0 aliphatic heterocycles. The van der Waals surface area contributed by atoms with Gasteiger partial charge in [0.25, 0.3) is 5.95 Å². The molecule has 2 N–H and O–H groups in total. The molecular formula is C16H13BrN4O2. The van der Waals surface area contributed by atoms with Crippen LogP contribution in [0.2, 0.25) is 0 Å². The zero-order valence-corrected chi connectivity index (χ0v) is 13.6. The van der Waals surface area contributed by atoms with E-state index in [4.69, 9.17) is 4.74 Å². The van der Waals surface area contributed by atoms with Crippen molar-refractivity contribution >= 4 is 28.0 Å². The molecule has 0 aliphatic carbocycles. The van der Waals surface area contributed by atoms with Gasteiger partial charge in [-0.25, -0.2) is 4.79 Å². The first-order valence-electron chi connectivity index (χ1n) is 6.87. The van der Waals surface area contributed by atoms with E-state index < -0.39 is 6.09 Å². The van der Waals surface area contributed by atoms with Crippen molar-refractivity contribution in [2.45, 2.75) is 6.61 Å². The number of nitrogens with zero attached hydrogens (tertiary/aromatic N) is 2. The topological polar surface area (TPSA) is 79.9 Å². The third kappa shape index (κ3) is 4.17. The fourth-order valence-corrected chi connectivity index (χ4v) is 2.17. The molecule has 0 atom stereocenters. The first-order chi connectivity index (χ1) is 11.2. The maximum Gasteiger partial charge on any atom is 0.414 e. The van der Waals surface area contributed by atoms with Gasteiger partial charge >= 0.3 is 6.09 Å². The molecule has 3 aromatic rings. The fraction of sp³-hybridized carbons (Fsp3) is 0.0625. The van der Waals surface area contributed by atoms with Gasteiger partial charge in [0.2, 0.25) is 0 Å². The first kappa shape index (κ1) is 15.2. The number of rotatable bonds is 4. The number of nitrogens with one attached hydrogen (secondary N) is 2. The van der Waals surface area contributed by atoms with Crippen LogP contribution in [0.4, 0.5) is 10.7 Å². The SMILES string of the molecule is O=C(Nc1n[nH]c(-c2ccc(Br)cc2)n1)OCc1ccccc1. The number of carbonyl (C=O) groups is 1. The highest BCUT2D eigenvalue weighted by atomic mass is 79.9. The summed E-state index contributed by atoms with van der Waals surface area (Å²) in [4.78, 5) is 16.0. The van der Waals surface area contributed by atoms with Gasteiger partial charge < -0.3 is 4.74 Å². The molecule has 1 amide bonds. The van der Waals surface area contributed by atoms with E-state index in [1.807, 2.05) is 54.6 Å². The van der Waals surface area contributed by atoms with Gasteiger partial charge in [0.15, 0.2) is 5.82 Å². The summed E-state index contributed by atoms with van der Waals surface area (Å²) in [6, 6.07) is 17.0. The lowest BCUT2D eigenvalue weighted by Gasteiger charge is -2.04. The zero-order chi connectivity index (χ0) is 16.1. The summed E-state index contributed by atoms with van der Waals surface area (Å²) < 4.78 is 6.09. The molecule has 3 rings (SSSR count). The molecule has 1 aromatic heterocycles. The predicted octanol–water partition coefficient (Wildman–Crippen LogP) is 3.98. The van der Waals surface area contributed by atoms with Crippen LogP contribution in [0.1, 0.15) is 5.56 Å². The third-order valence-corrected chi connectivity index (χ3v) is 3.56. The van der Waals surface area contributed by atoms with Crippen molar-refractivity contribution < 1.29 is 9.53 Å². The van der Waals surface area contributed by atoms with Gasteiger partial charge in [-0.05, 0) is 17.7 Å². The van der Waals surface area contributed by atoms with Crippen molar-refractivity contribution in [2.24, 2.45) is 0 Å². The molecule has 0 saturated carbocycles. The maximum absolute atomic E-state index is 11.7. The summed E-state index contributed by atoms with van der Waals surface area (Å²) in [6.07, 6.45) is -0.602. The van der Waals surface area contributed by atoms with E-state index in [1.54, 1.807) is 0 Å². The van der Waals surface area contributed by atoms with Crippen LogP contribution in [-0.4, -0.2) is 21.3 Å². The van der Waals surface area contributed by atoms with Crippen LogP contribution in [0.15, 0.2) is 59.1 Å². The summed E-state index contributed by atoms with van der Waals surface area (Å²) in [5.74, 6) is 0.733. The number of amides is 1. The normalized spacial score (nSPS) is 10.3. The first-order valence-corrected chi connectivity index (χ1v) is 7.66. The Kier molecular flexibility index (Phi) is 4.68. The lowest BCUT2D eigenvalue weighted by molar-refractivity contribution is 0.155. The predicted molar refractivity (Wildman–Crippen MR) is 89.8 cm³/mol. The van der Waals surface area contributed by atoms with Crippen LogP contribution in [0.5, 0.6) is 0 Å². The molecule has 0 fully saturated rings. The van der Waals surface area contributed by atoms with E-state index >= 15 is 0 Å². The van der Waals surface area contributed by atoms with Crippen LogP contribution in [0.25, 0.3) is 11.4 Å². The average Bonchev–Trinajstić information content (AvgIpc) is 3.03. The molecule has 2 aromatic carbocycles. The number of benzene rings is 2. The Labute approximate surface area is 141 Å². The number of H-pyrrole nitrogens is 1. The van der Waals surface area contributed by atoms with E-state index in [0.717, 1.165) is 15.6 Å². The average molecular weight is 373 g/mol. The van der Waals surface area contributed by atoms with Gasteiger partial charge in [-0.15, -0.1) is 5.10 Å². The molecule has 0 aliphatic rings. The molecule has 23 heavy (non-hydrogen) atoms. The molecule has 116 valence electrons. The molecule has 0 unspecified atom stereocenters. The van der Waals surface area contributed by atoms with Crippen LogP contribution >= 0.6 is 15.9 Å². The smallest absolute Gasteiger partial charge is 0.414 e. The largest absolute Gasteiger partial charge is 0.444 e.